The average Bonchev–Trinajstić information content (AvgIpc) is 3.81. The van der Waals surface area contributed by atoms with Gasteiger partial charge < -0.3 is 33.2 Å². The molecule has 1 saturated heterocycles. The Bertz CT molecular complexity index is 1760. The Morgan fingerprint density at radius 2 is 1.62 bits per heavy atom. The summed E-state index contributed by atoms with van der Waals surface area (Å²) in [6.45, 7) is 1.99. The topological polar surface area (TPSA) is 129 Å². The van der Waals surface area contributed by atoms with Crippen molar-refractivity contribution in [3.63, 3.8) is 0 Å². The first kappa shape index (κ1) is 28.5. The number of benzene rings is 3. The molecule has 0 amide bonds. The number of hydrogen-bond acceptors (Lipinski definition) is 11. The molecule has 12 nitrogen and oxygen atoms in total. The molecule has 0 spiro atoms. The normalized spacial score (nSPS) is 21.0. The van der Waals surface area contributed by atoms with Gasteiger partial charge in [-0.25, -0.2) is 4.68 Å². The van der Waals surface area contributed by atoms with E-state index in [0.29, 0.717) is 45.8 Å². The van der Waals surface area contributed by atoms with Crippen molar-refractivity contribution in [2.24, 2.45) is 11.8 Å². The number of aromatic nitrogens is 3. The second-order valence-corrected chi connectivity index (χ2v) is 11.1. The third-order valence-electron chi connectivity index (χ3n) is 8.68. The molecular formula is C33H31N3O9. The summed E-state index contributed by atoms with van der Waals surface area (Å²) < 4.78 is 41.9. The highest BCUT2D eigenvalue weighted by molar-refractivity contribution is 5.94. The number of carbonyl (C=O) groups excluding carboxylic acids is 2. The zero-order chi connectivity index (χ0) is 31.2. The fourth-order valence-corrected chi connectivity index (χ4v) is 6.61. The molecule has 0 saturated carbocycles. The maximum atomic E-state index is 13.5. The zero-order valence-electron chi connectivity index (χ0n) is 25.1. The van der Waals surface area contributed by atoms with Gasteiger partial charge >= 0.3 is 5.97 Å². The van der Waals surface area contributed by atoms with Crippen molar-refractivity contribution in [3.05, 3.63) is 82.7 Å². The van der Waals surface area contributed by atoms with Crippen molar-refractivity contribution in [2.45, 2.75) is 25.5 Å². The molecule has 0 N–H and O–H groups in total. The van der Waals surface area contributed by atoms with Gasteiger partial charge in [0.15, 0.2) is 28.8 Å². The molecule has 0 radical (unpaired) electrons. The highest BCUT2D eigenvalue weighted by Crippen LogP contribution is 2.56. The molecular weight excluding hydrogens is 582 g/mol. The van der Waals surface area contributed by atoms with Gasteiger partial charge in [-0.3, -0.25) is 9.59 Å². The van der Waals surface area contributed by atoms with E-state index in [2.05, 4.69) is 10.3 Å². The van der Waals surface area contributed by atoms with Crippen LogP contribution < -0.4 is 28.4 Å². The van der Waals surface area contributed by atoms with E-state index in [1.54, 1.807) is 50.3 Å². The van der Waals surface area contributed by atoms with E-state index in [-0.39, 0.29) is 43.7 Å². The zero-order valence-corrected chi connectivity index (χ0v) is 25.1. The van der Waals surface area contributed by atoms with E-state index in [4.69, 9.17) is 33.2 Å². The standard InChI is InChI=1S/C33H31N3O9/c1-17(37)18-5-7-21(8-6-18)42-14-20-13-36(35-34-20)31-23-12-26-25(44-16-45-26)11-22(23)29(30-24(31)15-43-33(30)38)19-9-27(39-2)32(41-4)28(10-19)40-3/h5-13,24,29-31H,14-16H2,1-4H3/t24-,29+,30-,31+/m0/s1. The van der Waals surface area contributed by atoms with Crippen molar-refractivity contribution >= 4 is 11.8 Å². The first-order chi connectivity index (χ1) is 21.9. The van der Waals surface area contributed by atoms with Gasteiger partial charge in [0.25, 0.3) is 0 Å². The Morgan fingerprint density at radius 3 is 2.27 bits per heavy atom. The van der Waals surface area contributed by atoms with Crippen molar-refractivity contribution in [2.75, 3.05) is 34.7 Å². The third kappa shape index (κ3) is 4.86. The highest BCUT2D eigenvalue weighted by atomic mass is 16.7. The average molecular weight is 614 g/mol. The summed E-state index contributed by atoms with van der Waals surface area (Å²) in [5, 5.41) is 8.87. The molecule has 0 unspecified atom stereocenters. The lowest BCUT2D eigenvalue weighted by atomic mass is 9.65. The second-order valence-electron chi connectivity index (χ2n) is 11.1. The van der Waals surface area contributed by atoms with E-state index in [1.165, 1.54) is 6.92 Å². The molecule has 0 bridgehead atoms. The smallest absolute Gasteiger partial charge is 0.310 e. The molecule has 4 atom stereocenters. The molecule has 3 aliphatic rings. The van der Waals surface area contributed by atoms with Gasteiger partial charge in [-0.2, -0.15) is 0 Å². The summed E-state index contributed by atoms with van der Waals surface area (Å²) in [5.74, 6) is 1.69. The first-order valence-electron chi connectivity index (χ1n) is 14.4. The summed E-state index contributed by atoms with van der Waals surface area (Å²) in [4.78, 5) is 25.1. The molecule has 1 fully saturated rings. The summed E-state index contributed by atoms with van der Waals surface area (Å²) in [6.07, 6.45) is 1.82. The Hall–Kier alpha value is -5.26. The van der Waals surface area contributed by atoms with E-state index in [0.717, 1.165) is 16.7 Å². The Kier molecular flexibility index (Phi) is 7.19. The van der Waals surface area contributed by atoms with Gasteiger partial charge in [0.2, 0.25) is 12.5 Å². The van der Waals surface area contributed by atoms with E-state index < -0.39 is 11.8 Å². The summed E-state index contributed by atoms with van der Waals surface area (Å²) in [5.41, 5.74) is 3.80. The van der Waals surface area contributed by atoms with Crippen LogP contribution in [-0.2, 0) is 16.1 Å². The van der Waals surface area contributed by atoms with Crippen LogP contribution in [0.5, 0.6) is 34.5 Å². The molecule has 1 aliphatic carbocycles. The first-order valence-corrected chi connectivity index (χ1v) is 14.4. The Balaban J connectivity index is 1.29. The second kappa shape index (κ2) is 11.3. The number of esters is 1. The van der Waals surface area contributed by atoms with E-state index in [9.17, 15) is 9.59 Å². The van der Waals surface area contributed by atoms with Gasteiger partial charge in [-0.15, -0.1) is 5.10 Å². The summed E-state index contributed by atoms with van der Waals surface area (Å²) >= 11 is 0. The fourth-order valence-electron chi connectivity index (χ4n) is 6.61. The number of rotatable bonds is 9. The van der Waals surface area contributed by atoms with Gasteiger partial charge in [0.1, 0.15) is 18.1 Å². The number of fused-ring (bicyclic) bond motifs is 3. The molecule has 12 heteroatoms. The molecule has 1 aromatic heterocycles. The number of hydrogen-bond donors (Lipinski definition) is 0. The quantitative estimate of drug-likeness (QED) is 0.197. The lowest BCUT2D eigenvalue weighted by molar-refractivity contribution is -0.141. The Labute approximate surface area is 258 Å². The summed E-state index contributed by atoms with van der Waals surface area (Å²) in [6, 6.07) is 14.2. The van der Waals surface area contributed by atoms with Gasteiger partial charge in [-0.05, 0) is 72.1 Å². The van der Waals surface area contributed by atoms with Crippen molar-refractivity contribution in [3.8, 4) is 34.5 Å². The lowest BCUT2D eigenvalue weighted by Crippen LogP contribution is -2.37. The van der Waals surface area contributed by atoms with Crippen molar-refractivity contribution in [1.29, 1.82) is 0 Å². The number of nitrogens with zero attached hydrogens (tertiary/aromatic N) is 3. The maximum Gasteiger partial charge on any atom is 0.310 e. The lowest BCUT2D eigenvalue weighted by Gasteiger charge is -2.39. The van der Waals surface area contributed by atoms with Crippen molar-refractivity contribution in [1.82, 2.24) is 15.0 Å². The predicted octanol–water partition coefficient (Wildman–Crippen LogP) is 4.34. The van der Waals surface area contributed by atoms with E-state index in [1.807, 2.05) is 30.5 Å². The minimum Gasteiger partial charge on any atom is -0.493 e. The van der Waals surface area contributed by atoms with Crippen LogP contribution in [0.1, 0.15) is 51.6 Å². The number of carbonyl (C=O) groups is 2. The van der Waals surface area contributed by atoms with Crippen LogP contribution in [0.15, 0.2) is 54.7 Å². The third-order valence-corrected chi connectivity index (χ3v) is 8.68. The van der Waals surface area contributed by atoms with Crippen molar-refractivity contribution < 1.29 is 42.7 Å². The van der Waals surface area contributed by atoms with Crippen LogP contribution in [-0.4, -0.2) is 61.5 Å². The molecule has 3 heterocycles. The van der Waals surface area contributed by atoms with Crippen LogP contribution in [0.2, 0.25) is 0 Å². The predicted molar refractivity (Wildman–Crippen MR) is 157 cm³/mol. The SMILES string of the molecule is COc1cc([C@@H]2c3cc4c(cc3[C@@H](n3cc(COc5ccc(C(C)=O)cc5)nn3)[C@H]3COC(=O)[C@H]23)OCO4)cc(OC)c1OC. The molecule has 3 aromatic carbocycles. The van der Waals surface area contributed by atoms with Crippen LogP contribution in [0.3, 0.4) is 0 Å². The maximum absolute atomic E-state index is 13.5. The molecule has 2 aliphatic heterocycles. The van der Waals surface area contributed by atoms with Gasteiger partial charge in [0.05, 0.1) is 46.1 Å². The molecule has 7 rings (SSSR count). The van der Waals surface area contributed by atoms with Gasteiger partial charge in [-0.1, -0.05) is 5.21 Å². The number of cyclic esters (lactones) is 1. The monoisotopic (exact) mass is 613 g/mol. The van der Waals surface area contributed by atoms with Crippen LogP contribution in [0, 0.1) is 11.8 Å². The molecule has 232 valence electrons. The van der Waals surface area contributed by atoms with Gasteiger partial charge in [0, 0.05) is 17.4 Å². The number of ketones is 1. The largest absolute Gasteiger partial charge is 0.493 e. The number of Topliss-reactive ketones (excluding diaryl/α,β-unsaturated/α-hetero) is 1. The minimum absolute atomic E-state index is 0.0138. The molecule has 4 aromatic rings. The number of ether oxygens (including phenoxy) is 7. The van der Waals surface area contributed by atoms with Crippen LogP contribution >= 0.6 is 0 Å². The fraction of sp³-hybridized carbons (Fsp3) is 0.333. The van der Waals surface area contributed by atoms with E-state index >= 15 is 0 Å². The molecule has 45 heavy (non-hydrogen) atoms. The minimum atomic E-state index is -0.547. The summed E-state index contributed by atoms with van der Waals surface area (Å²) in [7, 11) is 4.67. The highest BCUT2D eigenvalue weighted by Gasteiger charge is 2.53. The van der Waals surface area contributed by atoms with Crippen LogP contribution in [0.25, 0.3) is 0 Å². The van der Waals surface area contributed by atoms with Crippen LogP contribution in [0.4, 0.5) is 0 Å². The number of methoxy groups -OCH3 is 3. The Morgan fingerprint density at radius 1 is 0.933 bits per heavy atom.